The zero-order valence-corrected chi connectivity index (χ0v) is 17.9. The van der Waals surface area contributed by atoms with Crippen molar-refractivity contribution in [3.05, 3.63) is 64.4 Å². The summed E-state index contributed by atoms with van der Waals surface area (Å²) in [4.78, 5) is 16.6. The summed E-state index contributed by atoms with van der Waals surface area (Å²) in [6.45, 7) is 5.16. The molecule has 1 aliphatic heterocycles. The largest absolute Gasteiger partial charge is 0.482 e. The van der Waals surface area contributed by atoms with Gasteiger partial charge in [-0.3, -0.25) is 9.69 Å². The van der Waals surface area contributed by atoms with Gasteiger partial charge in [0, 0.05) is 31.7 Å². The van der Waals surface area contributed by atoms with Gasteiger partial charge in [0.25, 0.3) is 5.91 Å². The van der Waals surface area contributed by atoms with Crippen LogP contribution in [0.5, 0.6) is 5.75 Å². The molecule has 2 aromatic rings. The molecule has 2 aromatic carbocycles. The first-order valence-electron chi connectivity index (χ1n) is 9.82. The highest BCUT2D eigenvalue weighted by Crippen LogP contribution is 2.39. The fraction of sp³-hybridized carbons (Fsp3) is 0.409. The van der Waals surface area contributed by atoms with E-state index in [4.69, 9.17) is 16.3 Å². The van der Waals surface area contributed by atoms with Gasteiger partial charge in [-0.2, -0.15) is 13.2 Å². The Balaban J connectivity index is 1.60. The Morgan fingerprint density at radius 2 is 1.77 bits per heavy atom. The highest BCUT2D eigenvalue weighted by molar-refractivity contribution is 6.32. The molecule has 168 valence electrons. The number of ether oxygens (including phenoxy) is 1. The lowest BCUT2D eigenvalue weighted by Crippen LogP contribution is -2.58. The molecular weight excluding hydrogens is 436 g/mol. The smallest absolute Gasteiger partial charge is 0.417 e. The number of hydrogen-bond donors (Lipinski definition) is 0. The van der Waals surface area contributed by atoms with Gasteiger partial charge in [-0.1, -0.05) is 29.8 Å². The fourth-order valence-corrected chi connectivity index (χ4v) is 3.94. The molecule has 0 aromatic heterocycles. The second-order valence-electron chi connectivity index (χ2n) is 7.70. The van der Waals surface area contributed by atoms with Crippen LogP contribution in [0.3, 0.4) is 0 Å². The number of hydrogen-bond acceptors (Lipinski definition) is 3. The molecule has 0 aliphatic carbocycles. The molecule has 1 amide bonds. The number of carbonyl (C=O) groups is 1. The van der Waals surface area contributed by atoms with Crippen LogP contribution in [-0.4, -0.2) is 47.5 Å². The maximum absolute atomic E-state index is 13.1. The molecular formula is C22H23ClF4N2O2. The van der Waals surface area contributed by atoms with Gasteiger partial charge in [0.15, 0.2) is 6.61 Å². The molecule has 9 heteroatoms. The highest BCUT2D eigenvalue weighted by atomic mass is 35.5. The van der Waals surface area contributed by atoms with Crippen molar-refractivity contribution in [2.75, 3.05) is 19.7 Å². The van der Waals surface area contributed by atoms with E-state index in [0.717, 1.165) is 11.6 Å². The van der Waals surface area contributed by atoms with E-state index in [9.17, 15) is 22.4 Å². The minimum absolute atomic E-state index is 0.0438. The molecule has 0 spiro atoms. The summed E-state index contributed by atoms with van der Waals surface area (Å²) in [6, 6.07) is 9.57. The van der Waals surface area contributed by atoms with E-state index in [2.05, 4.69) is 4.90 Å². The SMILES string of the molecule is C[C@@H]1CN(Cc2ccc(F)cc2)[C@@H](C)CN1C(=O)COc1cccc(C(F)(F)F)c1Cl. The van der Waals surface area contributed by atoms with Gasteiger partial charge in [0.2, 0.25) is 0 Å². The Bertz CT molecular complexity index is 921. The maximum atomic E-state index is 13.1. The van der Waals surface area contributed by atoms with Crippen LogP contribution < -0.4 is 4.74 Å². The van der Waals surface area contributed by atoms with Gasteiger partial charge in [-0.15, -0.1) is 0 Å². The van der Waals surface area contributed by atoms with E-state index in [1.165, 1.54) is 24.3 Å². The van der Waals surface area contributed by atoms with Gasteiger partial charge in [0.05, 0.1) is 10.6 Å². The van der Waals surface area contributed by atoms with Gasteiger partial charge in [0.1, 0.15) is 11.6 Å². The Morgan fingerprint density at radius 1 is 1.10 bits per heavy atom. The van der Waals surface area contributed by atoms with Crippen molar-refractivity contribution in [1.82, 2.24) is 9.80 Å². The standard InChI is InChI=1S/C22H23ClF4N2O2/c1-14-11-29(15(2)10-28(14)12-16-6-8-17(24)9-7-16)20(30)13-31-19-5-3-4-18(21(19)23)22(25,26)27/h3-9,14-15H,10-13H2,1-2H3/t14-,15+/m0/s1. The third-order valence-corrected chi connectivity index (χ3v) is 5.74. The molecule has 1 fully saturated rings. The van der Waals surface area contributed by atoms with E-state index in [0.29, 0.717) is 19.6 Å². The van der Waals surface area contributed by atoms with Crippen LogP contribution in [-0.2, 0) is 17.5 Å². The maximum Gasteiger partial charge on any atom is 0.417 e. The summed E-state index contributed by atoms with van der Waals surface area (Å²) >= 11 is 5.82. The van der Waals surface area contributed by atoms with Crippen LogP contribution in [0.15, 0.2) is 42.5 Å². The number of alkyl halides is 3. The second-order valence-corrected chi connectivity index (χ2v) is 8.08. The summed E-state index contributed by atoms with van der Waals surface area (Å²) in [7, 11) is 0. The topological polar surface area (TPSA) is 32.8 Å². The van der Waals surface area contributed by atoms with Crippen LogP contribution in [0.2, 0.25) is 5.02 Å². The molecule has 4 nitrogen and oxygen atoms in total. The molecule has 0 unspecified atom stereocenters. The minimum Gasteiger partial charge on any atom is -0.482 e. The fourth-order valence-electron chi connectivity index (χ4n) is 3.65. The molecule has 3 rings (SSSR count). The van der Waals surface area contributed by atoms with Gasteiger partial charge >= 0.3 is 6.18 Å². The predicted octanol–water partition coefficient (Wildman–Crippen LogP) is 5.00. The van der Waals surface area contributed by atoms with Crippen molar-refractivity contribution in [3.8, 4) is 5.75 Å². The number of carbonyl (C=O) groups excluding carboxylic acids is 1. The molecule has 2 atom stereocenters. The van der Waals surface area contributed by atoms with Crippen LogP contribution in [0.4, 0.5) is 17.6 Å². The van der Waals surface area contributed by atoms with E-state index in [1.807, 2.05) is 13.8 Å². The number of piperazine rings is 1. The van der Waals surface area contributed by atoms with Gasteiger partial charge < -0.3 is 9.64 Å². The van der Waals surface area contributed by atoms with Crippen LogP contribution in [0.1, 0.15) is 25.0 Å². The molecule has 0 bridgehead atoms. The van der Waals surface area contributed by atoms with Gasteiger partial charge in [-0.25, -0.2) is 4.39 Å². The summed E-state index contributed by atoms with van der Waals surface area (Å²) in [5.74, 6) is -0.795. The molecule has 0 radical (unpaired) electrons. The molecule has 0 N–H and O–H groups in total. The van der Waals surface area contributed by atoms with E-state index in [-0.39, 0.29) is 29.6 Å². The Kier molecular flexibility index (Phi) is 7.11. The lowest BCUT2D eigenvalue weighted by atomic mass is 10.1. The normalized spacial score (nSPS) is 20.0. The minimum atomic E-state index is -4.61. The van der Waals surface area contributed by atoms with E-state index >= 15 is 0 Å². The van der Waals surface area contributed by atoms with Crippen molar-refractivity contribution in [1.29, 1.82) is 0 Å². The molecule has 31 heavy (non-hydrogen) atoms. The number of halogens is 5. The van der Waals surface area contributed by atoms with Crippen molar-refractivity contribution < 1.29 is 27.1 Å². The number of amides is 1. The van der Waals surface area contributed by atoms with Gasteiger partial charge in [-0.05, 0) is 43.7 Å². The first kappa shape index (κ1) is 23.3. The third-order valence-electron chi connectivity index (χ3n) is 5.35. The summed E-state index contributed by atoms with van der Waals surface area (Å²) in [6.07, 6.45) is -4.61. The number of nitrogens with zero attached hydrogens (tertiary/aromatic N) is 2. The second kappa shape index (κ2) is 9.44. The Morgan fingerprint density at radius 3 is 2.42 bits per heavy atom. The summed E-state index contributed by atoms with van der Waals surface area (Å²) < 4.78 is 57.4. The van der Waals surface area contributed by atoms with Crippen molar-refractivity contribution in [2.24, 2.45) is 0 Å². The van der Waals surface area contributed by atoms with Crippen molar-refractivity contribution in [3.63, 3.8) is 0 Å². The van der Waals surface area contributed by atoms with Crippen molar-refractivity contribution in [2.45, 2.75) is 38.7 Å². The average Bonchev–Trinajstić information content (AvgIpc) is 2.70. The zero-order chi connectivity index (χ0) is 22.8. The van der Waals surface area contributed by atoms with E-state index in [1.54, 1.807) is 17.0 Å². The number of rotatable bonds is 5. The quantitative estimate of drug-likeness (QED) is 0.591. The average molecular weight is 459 g/mol. The van der Waals surface area contributed by atoms with Crippen LogP contribution in [0, 0.1) is 5.82 Å². The molecule has 0 saturated carbocycles. The van der Waals surface area contributed by atoms with Crippen molar-refractivity contribution >= 4 is 17.5 Å². The van der Waals surface area contributed by atoms with Crippen LogP contribution >= 0.6 is 11.6 Å². The lowest BCUT2D eigenvalue weighted by molar-refractivity contribution is -0.139. The van der Waals surface area contributed by atoms with Crippen LogP contribution in [0.25, 0.3) is 0 Å². The monoisotopic (exact) mass is 458 g/mol. The molecule has 1 heterocycles. The summed E-state index contributed by atoms with van der Waals surface area (Å²) in [5, 5.41) is -0.562. The van der Waals surface area contributed by atoms with E-state index < -0.39 is 23.4 Å². The Hall–Kier alpha value is -2.32. The first-order valence-corrected chi connectivity index (χ1v) is 10.2. The summed E-state index contributed by atoms with van der Waals surface area (Å²) in [5.41, 5.74) is -0.0294. The lowest BCUT2D eigenvalue weighted by Gasteiger charge is -2.44. The Labute approximate surface area is 183 Å². The highest BCUT2D eigenvalue weighted by Gasteiger charge is 2.35. The third kappa shape index (κ3) is 5.68. The number of benzene rings is 2. The zero-order valence-electron chi connectivity index (χ0n) is 17.1. The molecule has 1 aliphatic rings. The predicted molar refractivity (Wildman–Crippen MR) is 109 cm³/mol. The first-order chi connectivity index (χ1) is 14.6. The molecule has 1 saturated heterocycles.